The molecule has 0 spiro atoms. The van der Waals surface area contributed by atoms with Gasteiger partial charge in [-0.3, -0.25) is 9.59 Å². The summed E-state index contributed by atoms with van der Waals surface area (Å²) in [5.74, 6) is -0.0815. The number of hydrogen-bond acceptors (Lipinski definition) is 4. The van der Waals surface area contributed by atoms with Crippen molar-refractivity contribution in [1.82, 2.24) is 20.6 Å². The van der Waals surface area contributed by atoms with Crippen LogP contribution in [0.2, 0.25) is 0 Å². The molecule has 2 heterocycles. The molecule has 0 fully saturated rings. The molecule has 178 valence electrons. The molecule has 8 heteroatoms. The Morgan fingerprint density at radius 1 is 0.941 bits per heavy atom. The van der Waals surface area contributed by atoms with Gasteiger partial charge in [0.15, 0.2) is 0 Å². The summed E-state index contributed by atoms with van der Waals surface area (Å²) in [4.78, 5) is 31.8. The maximum absolute atomic E-state index is 13.1. The van der Waals surface area contributed by atoms with Crippen LogP contribution in [0, 0.1) is 0 Å². The Labute approximate surface area is 197 Å². The third kappa shape index (κ3) is 5.33. The number of phenolic OH excluding ortho intramolecular Hbond substituents is 2. The van der Waals surface area contributed by atoms with E-state index in [2.05, 4.69) is 20.6 Å². The van der Waals surface area contributed by atoms with E-state index in [9.17, 15) is 19.8 Å². The van der Waals surface area contributed by atoms with Crippen molar-refractivity contribution < 1.29 is 19.8 Å². The van der Waals surface area contributed by atoms with Crippen molar-refractivity contribution in [1.29, 1.82) is 0 Å². The number of H-pyrrole nitrogens is 2. The van der Waals surface area contributed by atoms with Crippen LogP contribution in [0.5, 0.6) is 11.5 Å². The van der Waals surface area contributed by atoms with Crippen LogP contribution in [0.25, 0.3) is 21.8 Å². The van der Waals surface area contributed by atoms with Gasteiger partial charge in [0.05, 0.1) is 0 Å². The quantitative estimate of drug-likeness (QED) is 0.215. The summed E-state index contributed by atoms with van der Waals surface area (Å²) in [5, 5.41) is 27.2. The summed E-state index contributed by atoms with van der Waals surface area (Å²) in [7, 11) is 0. The van der Waals surface area contributed by atoms with E-state index in [1.165, 1.54) is 0 Å². The summed E-state index contributed by atoms with van der Waals surface area (Å²) < 4.78 is 0. The zero-order valence-corrected chi connectivity index (χ0v) is 19.1. The normalized spacial score (nSPS) is 12.1. The summed E-state index contributed by atoms with van der Waals surface area (Å²) in [6.45, 7) is 2.40. The van der Waals surface area contributed by atoms with Crippen molar-refractivity contribution in [3.63, 3.8) is 0 Å². The molecule has 2 aromatic heterocycles. The van der Waals surface area contributed by atoms with Crippen LogP contribution in [0.1, 0.15) is 37.3 Å². The Kier molecular flexibility index (Phi) is 7.06. The van der Waals surface area contributed by atoms with Crippen LogP contribution in [0.3, 0.4) is 0 Å². The molecule has 0 saturated heterocycles. The molecule has 0 bridgehead atoms. The van der Waals surface area contributed by atoms with E-state index < -0.39 is 6.04 Å². The molecule has 34 heavy (non-hydrogen) atoms. The summed E-state index contributed by atoms with van der Waals surface area (Å²) >= 11 is 0. The molecule has 2 aromatic carbocycles. The lowest BCUT2D eigenvalue weighted by Crippen LogP contribution is -2.48. The third-order valence-corrected chi connectivity index (χ3v) is 6.03. The number of carbonyl (C=O) groups is 2. The van der Waals surface area contributed by atoms with Gasteiger partial charge in [0, 0.05) is 53.6 Å². The SMILES string of the molecule is CCCCC(=O)N[C@@H](Cc1c[nH]c2ccc(O)cc12)C(=O)NCCc1c[nH]c2ccc(O)cc12. The number of nitrogens with one attached hydrogen (secondary N) is 4. The first-order valence-electron chi connectivity index (χ1n) is 11.6. The molecule has 0 radical (unpaired) electrons. The minimum absolute atomic E-state index is 0.145. The number of amides is 2. The van der Waals surface area contributed by atoms with Gasteiger partial charge < -0.3 is 30.8 Å². The lowest BCUT2D eigenvalue weighted by atomic mass is 10.0. The Balaban J connectivity index is 1.45. The molecule has 8 nitrogen and oxygen atoms in total. The predicted molar refractivity (Wildman–Crippen MR) is 132 cm³/mol. The minimum atomic E-state index is -0.738. The number of carbonyl (C=O) groups excluding carboxylic acids is 2. The van der Waals surface area contributed by atoms with E-state index in [1.54, 1.807) is 36.5 Å². The van der Waals surface area contributed by atoms with E-state index in [-0.39, 0.29) is 23.3 Å². The van der Waals surface area contributed by atoms with Gasteiger partial charge in [-0.15, -0.1) is 0 Å². The van der Waals surface area contributed by atoms with Crippen LogP contribution in [-0.2, 0) is 22.4 Å². The van der Waals surface area contributed by atoms with Gasteiger partial charge in [-0.05, 0) is 60.4 Å². The Hall–Kier alpha value is -3.94. The van der Waals surface area contributed by atoms with Crippen molar-refractivity contribution in [2.75, 3.05) is 6.54 Å². The van der Waals surface area contributed by atoms with Gasteiger partial charge in [0.2, 0.25) is 11.8 Å². The standard InChI is InChI=1S/C26H30N4O4/c1-2-3-4-25(33)30-24(11-17-15-29-23-8-6-19(32)13-21(17)23)26(34)27-10-9-16-14-28-22-7-5-18(31)12-20(16)22/h5-8,12-15,24,28-29,31-32H,2-4,9-11H2,1H3,(H,27,34)(H,30,33)/t24-/m0/s1. The van der Waals surface area contributed by atoms with Gasteiger partial charge in [-0.25, -0.2) is 0 Å². The van der Waals surface area contributed by atoms with Gasteiger partial charge in [-0.1, -0.05) is 13.3 Å². The molecule has 0 unspecified atom stereocenters. The molecular weight excluding hydrogens is 432 g/mol. The monoisotopic (exact) mass is 462 g/mol. The van der Waals surface area contributed by atoms with Crippen molar-refractivity contribution in [2.24, 2.45) is 0 Å². The number of hydrogen-bond donors (Lipinski definition) is 6. The van der Waals surface area contributed by atoms with E-state index in [0.717, 1.165) is 45.8 Å². The average Bonchev–Trinajstić information content (AvgIpc) is 3.40. The highest BCUT2D eigenvalue weighted by Crippen LogP contribution is 2.25. The highest BCUT2D eigenvalue weighted by atomic mass is 16.3. The van der Waals surface area contributed by atoms with Gasteiger partial charge in [-0.2, -0.15) is 0 Å². The molecule has 0 aliphatic rings. The van der Waals surface area contributed by atoms with Gasteiger partial charge in [0.25, 0.3) is 0 Å². The highest BCUT2D eigenvalue weighted by molar-refractivity contribution is 5.90. The molecule has 4 aromatic rings. The summed E-state index contributed by atoms with van der Waals surface area (Å²) in [6.07, 6.45) is 6.58. The highest BCUT2D eigenvalue weighted by Gasteiger charge is 2.22. The first-order valence-corrected chi connectivity index (χ1v) is 11.6. The smallest absolute Gasteiger partial charge is 0.242 e. The molecule has 4 rings (SSSR count). The van der Waals surface area contributed by atoms with Crippen molar-refractivity contribution in [2.45, 2.75) is 45.1 Å². The molecular formula is C26H30N4O4. The average molecular weight is 463 g/mol. The van der Waals surface area contributed by atoms with Crippen LogP contribution in [0.15, 0.2) is 48.8 Å². The fourth-order valence-corrected chi connectivity index (χ4v) is 4.19. The topological polar surface area (TPSA) is 130 Å². The van der Waals surface area contributed by atoms with E-state index in [0.29, 0.717) is 25.8 Å². The molecule has 1 atom stereocenters. The van der Waals surface area contributed by atoms with Crippen molar-refractivity contribution in [3.05, 3.63) is 59.9 Å². The molecule has 2 amide bonds. The number of aromatic nitrogens is 2. The van der Waals surface area contributed by atoms with Crippen LogP contribution < -0.4 is 10.6 Å². The fraction of sp³-hybridized carbons (Fsp3) is 0.308. The maximum atomic E-state index is 13.1. The molecule has 6 N–H and O–H groups in total. The number of rotatable bonds is 10. The van der Waals surface area contributed by atoms with Crippen LogP contribution in [0.4, 0.5) is 0 Å². The Morgan fingerprint density at radius 2 is 1.56 bits per heavy atom. The van der Waals surface area contributed by atoms with Gasteiger partial charge >= 0.3 is 0 Å². The lowest BCUT2D eigenvalue weighted by Gasteiger charge is -2.18. The second-order valence-electron chi connectivity index (χ2n) is 8.56. The summed E-state index contributed by atoms with van der Waals surface area (Å²) in [6, 6.07) is 9.44. The molecule has 0 aliphatic carbocycles. The zero-order valence-electron chi connectivity index (χ0n) is 19.1. The maximum Gasteiger partial charge on any atom is 0.242 e. The lowest BCUT2D eigenvalue weighted by molar-refractivity contribution is -0.129. The first kappa shape index (κ1) is 23.2. The fourth-order valence-electron chi connectivity index (χ4n) is 4.19. The zero-order chi connectivity index (χ0) is 24.1. The predicted octanol–water partition coefficient (Wildman–Crippen LogP) is 3.64. The molecule has 0 aliphatic heterocycles. The van der Waals surface area contributed by atoms with Crippen LogP contribution in [-0.4, -0.2) is 44.6 Å². The number of aromatic hydroxyl groups is 2. The first-order chi connectivity index (χ1) is 16.4. The number of aromatic amines is 2. The van der Waals surface area contributed by atoms with Crippen molar-refractivity contribution >= 4 is 33.6 Å². The third-order valence-electron chi connectivity index (χ3n) is 6.03. The number of phenols is 2. The van der Waals surface area contributed by atoms with E-state index >= 15 is 0 Å². The molecule has 0 saturated carbocycles. The largest absolute Gasteiger partial charge is 0.508 e. The van der Waals surface area contributed by atoms with E-state index in [1.807, 2.05) is 19.2 Å². The Morgan fingerprint density at radius 3 is 2.21 bits per heavy atom. The van der Waals surface area contributed by atoms with Crippen molar-refractivity contribution in [3.8, 4) is 11.5 Å². The second kappa shape index (κ2) is 10.3. The van der Waals surface area contributed by atoms with E-state index in [4.69, 9.17) is 0 Å². The number of fused-ring (bicyclic) bond motifs is 2. The Bertz CT molecular complexity index is 1310. The number of unbranched alkanes of at least 4 members (excludes halogenated alkanes) is 1. The van der Waals surface area contributed by atoms with Crippen LogP contribution >= 0.6 is 0 Å². The number of benzene rings is 2. The minimum Gasteiger partial charge on any atom is -0.508 e. The summed E-state index contributed by atoms with van der Waals surface area (Å²) in [5.41, 5.74) is 3.60. The second-order valence-corrected chi connectivity index (χ2v) is 8.56. The van der Waals surface area contributed by atoms with Gasteiger partial charge in [0.1, 0.15) is 17.5 Å².